The summed E-state index contributed by atoms with van der Waals surface area (Å²) in [4.78, 5) is 22.8. The first kappa shape index (κ1) is 15.5. The summed E-state index contributed by atoms with van der Waals surface area (Å²) in [7, 11) is 4.27. The van der Waals surface area contributed by atoms with Crippen molar-refractivity contribution in [3.05, 3.63) is 36.7 Å². The second kappa shape index (κ2) is 5.79. The molecule has 3 aromatic rings. The van der Waals surface area contributed by atoms with Crippen LogP contribution in [0.5, 0.6) is 0 Å². The molecule has 0 aliphatic carbocycles. The number of aromatic amines is 1. The minimum absolute atomic E-state index is 0.340. The van der Waals surface area contributed by atoms with Crippen LogP contribution in [0.25, 0.3) is 11.0 Å². The average molecular weight is 335 g/mol. The maximum Gasteiger partial charge on any atom is 0.246 e. The van der Waals surface area contributed by atoms with Gasteiger partial charge in [0.1, 0.15) is 36.1 Å². The lowest BCUT2D eigenvalue weighted by molar-refractivity contribution is 0.302. The van der Waals surface area contributed by atoms with Gasteiger partial charge in [-0.2, -0.15) is 5.26 Å². The van der Waals surface area contributed by atoms with Gasteiger partial charge in [0.05, 0.1) is 32.2 Å². The van der Waals surface area contributed by atoms with E-state index >= 15 is 0 Å². The molecule has 8 heteroatoms. The van der Waals surface area contributed by atoms with E-state index in [0.717, 1.165) is 42.2 Å². The summed E-state index contributed by atoms with van der Waals surface area (Å²) in [5.41, 5.74) is 1.20. The maximum atomic E-state index is 8.89. The number of nitrogens with zero attached hydrogens (tertiary/aromatic N) is 7. The van der Waals surface area contributed by atoms with Crippen molar-refractivity contribution in [1.29, 1.82) is 5.26 Å². The van der Waals surface area contributed by atoms with Crippen LogP contribution >= 0.6 is 0 Å². The number of fused-ring (bicyclic) bond motifs is 1. The molecule has 1 aliphatic heterocycles. The smallest absolute Gasteiger partial charge is 0.246 e. The SMILES string of the molecule is C[N+](C)(c1cnc(C#N)cn1)C1CCN(c2ncnc3[nH]ccc23)C1. The monoisotopic (exact) mass is 335 g/mol. The van der Waals surface area contributed by atoms with Crippen molar-refractivity contribution in [2.75, 3.05) is 32.1 Å². The molecule has 1 saturated heterocycles. The topological polar surface area (TPSA) is 94.4 Å². The Balaban J connectivity index is 1.59. The number of anilines is 1. The highest BCUT2D eigenvalue weighted by molar-refractivity contribution is 5.87. The number of hydrogen-bond donors (Lipinski definition) is 1. The van der Waals surface area contributed by atoms with Crippen LogP contribution in [0.15, 0.2) is 31.0 Å². The molecule has 1 atom stereocenters. The average Bonchev–Trinajstić information content (AvgIpc) is 3.31. The van der Waals surface area contributed by atoms with Gasteiger partial charge in [-0.25, -0.2) is 19.9 Å². The number of likely N-dealkylation sites (N-methyl/N-ethyl adjacent to an activating group) is 1. The molecule has 0 spiro atoms. The molecular formula is C17H19N8+. The normalized spacial score (nSPS) is 17.8. The highest BCUT2D eigenvalue weighted by Gasteiger charge is 2.38. The fraction of sp³-hybridized carbons (Fsp3) is 0.353. The Morgan fingerprint density at radius 2 is 2.12 bits per heavy atom. The molecule has 3 aromatic heterocycles. The predicted molar refractivity (Wildman–Crippen MR) is 94.9 cm³/mol. The van der Waals surface area contributed by atoms with Gasteiger partial charge in [-0.1, -0.05) is 0 Å². The minimum atomic E-state index is 0.340. The predicted octanol–water partition coefficient (Wildman–Crippen LogP) is 1.47. The van der Waals surface area contributed by atoms with E-state index in [1.54, 1.807) is 12.5 Å². The van der Waals surface area contributed by atoms with Gasteiger partial charge in [-0.05, 0) is 6.07 Å². The molecule has 0 saturated carbocycles. The largest absolute Gasteiger partial charge is 0.350 e. The molecule has 1 aliphatic rings. The Morgan fingerprint density at radius 3 is 2.88 bits per heavy atom. The molecule has 0 radical (unpaired) electrons. The summed E-state index contributed by atoms with van der Waals surface area (Å²) >= 11 is 0. The van der Waals surface area contributed by atoms with E-state index in [1.165, 1.54) is 6.20 Å². The van der Waals surface area contributed by atoms with E-state index in [-0.39, 0.29) is 0 Å². The van der Waals surface area contributed by atoms with E-state index in [1.807, 2.05) is 18.3 Å². The van der Waals surface area contributed by atoms with Gasteiger partial charge in [0.15, 0.2) is 5.69 Å². The van der Waals surface area contributed by atoms with E-state index < -0.39 is 0 Å². The van der Waals surface area contributed by atoms with Gasteiger partial charge < -0.3 is 9.88 Å². The van der Waals surface area contributed by atoms with Crippen molar-refractivity contribution < 1.29 is 0 Å². The lowest BCUT2D eigenvalue weighted by atomic mass is 10.2. The Bertz CT molecular complexity index is 937. The van der Waals surface area contributed by atoms with E-state index in [9.17, 15) is 0 Å². The number of aromatic nitrogens is 5. The lowest BCUT2D eigenvalue weighted by Crippen LogP contribution is -2.52. The molecule has 0 amide bonds. The number of nitriles is 1. The lowest BCUT2D eigenvalue weighted by Gasteiger charge is -2.33. The fourth-order valence-electron chi connectivity index (χ4n) is 3.44. The van der Waals surface area contributed by atoms with Gasteiger partial charge >= 0.3 is 0 Å². The number of H-pyrrole nitrogens is 1. The molecule has 0 bridgehead atoms. The second-order valence-electron chi connectivity index (χ2n) is 6.74. The van der Waals surface area contributed by atoms with Crippen LogP contribution < -0.4 is 9.38 Å². The zero-order valence-electron chi connectivity index (χ0n) is 14.2. The molecule has 1 unspecified atom stereocenters. The fourth-order valence-corrected chi connectivity index (χ4v) is 3.44. The molecule has 0 aromatic carbocycles. The van der Waals surface area contributed by atoms with Crippen LogP contribution in [0.2, 0.25) is 0 Å². The Labute approximate surface area is 145 Å². The molecule has 1 fully saturated rings. The van der Waals surface area contributed by atoms with Gasteiger partial charge in [-0.15, -0.1) is 0 Å². The van der Waals surface area contributed by atoms with E-state index in [4.69, 9.17) is 5.26 Å². The summed E-state index contributed by atoms with van der Waals surface area (Å²) in [5, 5.41) is 9.94. The summed E-state index contributed by atoms with van der Waals surface area (Å²) in [6, 6.07) is 4.40. The maximum absolute atomic E-state index is 8.89. The molecular weight excluding hydrogens is 316 g/mol. The van der Waals surface area contributed by atoms with Crippen LogP contribution in [0, 0.1) is 11.3 Å². The number of rotatable bonds is 3. The standard InChI is InChI=1S/C17H19N8/c1-25(2,15-9-20-12(7-18)8-21-15)13-4-6-24(10-13)17-14-3-5-19-16(14)22-11-23-17/h3,5,8-9,11,13H,4,6,10H2,1-2H3,(H,19,22,23)/q+1. The third-order valence-corrected chi connectivity index (χ3v) is 5.05. The second-order valence-corrected chi connectivity index (χ2v) is 6.74. The molecule has 4 rings (SSSR count). The summed E-state index contributed by atoms with van der Waals surface area (Å²) in [6.45, 7) is 1.82. The number of nitrogens with one attached hydrogen (secondary N) is 1. The van der Waals surface area contributed by atoms with Crippen molar-refractivity contribution in [3.63, 3.8) is 0 Å². The number of hydrogen-bond acceptors (Lipinski definition) is 6. The van der Waals surface area contributed by atoms with Crippen molar-refractivity contribution >= 4 is 22.7 Å². The van der Waals surface area contributed by atoms with Crippen molar-refractivity contribution in [2.24, 2.45) is 0 Å². The Morgan fingerprint density at radius 1 is 1.24 bits per heavy atom. The van der Waals surface area contributed by atoms with Gasteiger partial charge in [0.2, 0.25) is 5.82 Å². The quantitative estimate of drug-likeness (QED) is 0.728. The molecule has 126 valence electrons. The van der Waals surface area contributed by atoms with Crippen LogP contribution in [0.1, 0.15) is 12.1 Å². The van der Waals surface area contributed by atoms with Crippen molar-refractivity contribution in [2.45, 2.75) is 12.5 Å². The summed E-state index contributed by atoms with van der Waals surface area (Å²) in [6.07, 6.45) is 7.77. The third-order valence-electron chi connectivity index (χ3n) is 5.05. The van der Waals surface area contributed by atoms with E-state index in [0.29, 0.717) is 16.2 Å². The first-order valence-electron chi connectivity index (χ1n) is 8.19. The first-order valence-corrected chi connectivity index (χ1v) is 8.19. The van der Waals surface area contributed by atoms with Crippen LogP contribution in [-0.2, 0) is 0 Å². The zero-order chi connectivity index (χ0) is 17.4. The first-order chi connectivity index (χ1) is 12.1. The Hall–Kier alpha value is -3.05. The van der Waals surface area contributed by atoms with Crippen LogP contribution in [0.4, 0.5) is 11.6 Å². The molecule has 25 heavy (non-hydrogen) atoms. The summed E-state index contributed by atoms with van der Waals surface area (Å²) in [5.74, 6) is 1.83. The van der Waals surface area contributed by atoms with Crippen LogP contribution in [-0.4, -0.2) is 58.1 Å². The Kier molecular flexibility index (Phi) is 3.58. The highest BCUT2D eigenvalue weighted by atomic mass is 15.4. The minimum Gasteiger partial charge on any atom is -0.350 e. The highest BCUT2D eigenvalue weighted by Crippen LogP contribution is 2.30. The molecule has 1 N–H and O–H groups in total. The molecule has 8 nitrogen and oxygen atoms in total. The number of quaternary nitrogens is 1. The molecule has 4 heterocycles. The third kappa shape index (κ3) is 2.58. The van der Waals surface area contributed by atoms with E-state index in [2.05, 4.69) is 43.9 Å². The van der Waals surface area contributed by atoms with Crippen LogP contribution in [0.3, 0.4) is 0 Å². The van der Waals surface area contributed by atoms with Crippen molar-refractivity contribution in [3.8, 4) is 6.07 Å². The van der Waals surface area contributed by atoms with Crippen molar-refractivity contribution in [1.82, 2.24) is 29.4 Å². The van der Waals surface area contributed by atoms with Gasteiger partial charge in [0, 0.05) is 19.2 Å². The summed E-state index contributed by atoms with van der Waals surface area (Å²) < 4.78 is 0.622. The van der Waals surface area contributed by atoms with Gasteiger partial charge in [-0.3, -0.25) is 4.48 Å². The van der Waals surface area contributed by atoms with Gasteiger partial charge in [0.25, 0.3) is 0 Å². The zero-order valence-corrected chi connectivity index (χ0v) is 14.2.